The van der Waals surface area contributed by atoms with Crippen molar-refractivity contribution >= 4 is 28.6 Å². The Hall–Kier alpha value is -2.30. The van der Waals surface area contributed by atoms with Gasteiger partial charge in [0.05, 0.1) is 12.9 Å². The Kier molecular flexibility index (Phi) is 5.50. The number of aliphatic hydroxyl groups is 3. The van der Waals surface area contributed by atoms with E-state index < -0.39 is 31.1 Å². The van der Waals surface area contributed by atoms with E-state index in [2.05, 4.69) is 44.1 Å². The number of aliphatic hydroxyl groups excluding tert-OH is 3. The summed E-state index contributed by atoms with van der Waals surface area (Å²) in [6.45, 7) is 1.12. The number of hydrogen-bond acceptors (Lipinski definition) is 8. The molecule has 0 bridgehead atoms. The number of ether oxygens (including phenoxy) is 1. The molecule has 1 saturated carbocycles. The maximum absolute atomic E-state index is 10.5. The Morgan fingerprint density at radius 3 is 2.65 bits per heavy atom. The molecule has 1 aliphatic carbocycles. The highest BCUT2D eigenvalue weighted by molar-refractivity contribution is 6.28. The van der Waals surface area contributed by atoms with Crippen LogP contribution in [0.1, 0.15) is 49.5 Å². The molecule has 3 aromatic rings. The van der Waals surface area contributed by atoms with Crippen LogP contribution < -0.4 is 4.90 Å². The average Bonchev–Trinajstić information content (AvgIpc) is 3.39. The molecule has 34 heavy (non-hydrogen) atoms. The highest BCUT2D eigenvalue weighted by Gasteiger charge is 2.45. The molecule has 3 aliphatic rings. The summed E-state index contributed by atoms with van der Waals surface area (Å²) in [6.07, 6.45) is 3.20. The molecule has 4 atom stereocenters. The van der Waals surface area contributed by atoms with Gasteiger partial charge in [-0.25, -0.2) is 4.98 Å². The number of rotatable bonds is 3. The van der Waals surface area contributed by atoms with Gasteiger partial charge in [0, 0.05) is 18.5 Å². The van der Waals surface area contributed by atoms with E-state index >= 15 is 0 Å². The molecular weight excluding hydrogens is 458 g/mol. The molecule has 2 fully saturated rings. The van der Waals surface area contributed by atoms with Crippen molar-refractivity contribution in [2.75, 3.05) is 18.1 Å². The number of nitrogens with zero attached hydrogens (tertiary/aromatic N) is 5. The van der Waals surface area contributed by atoms with Gasteiger partial charge in [0.1, 0.15) is 18.3 Å². The molecule has 1 spiro atoms. The second kappa shape index (κ2) is 8.42. The summed E-state index contributed by atoms with van der Waals surface area (Å²) < 4.78 is 7.26. The highest BCUT2D eigenvalue weighted by Crippen LogP contribution is 2.46. The molecule has 0 radical (unpaired) electrons. The minimum absolute atomic E-state index is 0.0720. The number of benzene rings is 1. The Balaban J connectivity index is 1.43. The first-order chi connectivity index (χ1) is 16.5. The van der Waals surface area contributed by atoms with Crippen molar-refractivity contribution in [3.05, 3.63) is 47.0 Å². The zero-order valence-corrected chi connectivity index (χ0v) is 19.5. The zero-order valence-electron chi connectivity index (χ0n) is 18.7. The summed E-state index contributed by atoms with van der Waals surface area (Å²) in [6, 6.07) is 8.68. The number of hydrogen-bond donors (Lipinski definition) is 3. The Morgan fingerprint density at radius 1 is 1.09 bits per heavy atom. The summed E-state index contributed by atoms with van der Waals surface area (Å²) >= 11 is 6.39. The molecule has 2 unspecified atom stereocenters. The number of anilines is 1. The fourth-order valence-electron chi connectivity index (χ4n) is 6.09. The van der Waals surface area contributed by atoms with Crippen LogP contribution in [-0.4, -0.2) is 66.3 Å². The topological polar surface area (TPSA) is 117 Å². The van der Waals surface area contributed by atoms with E-state index in [4.69, 9.17) is 16.3 Å². The summed E-state index contributed by atoms with van der Waals surface area (Å²) in [7, 11) is 0. The lowest BCUT2D eigenvalue weighted by atomic mass is 9.66. The van der Waals surface area contributed by atoms with Crippen LogP contribution in [0.5, 0.6) is 0 Å². The maximum atomic E-state index is 10.5. The number of imidazole rings is 1. The normalized spacial score (nSPS) is 28.5. The van der Waals surface area contributed by atoms with Crippen LogP contribution in [0.3, 0.4) is 0 Å². The summed E-state index contributed by atoms with van der Waals surface area (Å²) in [5, 5.41) is 30.3. The molecule has 3 N–H and O–H groups in total. The molecule has 10 heteroatoms. The maximum Gasteiger partial charge on any atom is 0.226 e. The van der Waals surface area contributed by atoms with Crippen molar-refractivity contribution in [2.24, 2.45) is 0 Å². The fraction of sp³-hybridized carbons (Fsp3) is 0.542. The standard InChI is InChI=1S/C24H28ClN5O4/c25-23-27-20(17-21(28-23)30(13-26-17)22-19(33)18(32)16(11-31)34-22)29-10-14-6-2-3-7-15(14)24(12-29)8-4-1-5-9-24/h2-3,6-7,13,16,18-19,22,31-33H,1,4-5,8-12H2/t16-,18?,19?,22-/m1/s1. The lowest BCUT2D eigenvalue weighted by molar-refractivity contribution is -0.0511. The molecule has 1 aromatic carbocycles. The molecule has 180 valence electrons. The van der Waals surface area contributed by atoms with Gasteiger partial charge in [-0.2, -0.15) is 9.97 Å². The van der Waals surface area contributed by atoms with E-state index in [1.54, 1.807) is 4.57 Å². The first-order valence-corrected chi connectivity index (χ1v) is 12.2. The van der Waals surface area contributed by atoms with E-state index in [1.165, 1.54) is 36.7 Å². The molecule has 9 nitrogen and oxygen atoms in total. The monoisotopic (exact) mass is 485 g/mol. The van der Waals surface area contributed by atoms with Gasteiger partial charge in [-0.15, -0.1) is 0 Å². The number of aromatic nitrogens is 4. The molecule has 4 heterocycles. The Labute approximate surface area is 202 Å². The van der Waals surface area contributed by atoms with Crippen LogP contribution in [0.4, 0.5) is 5.82 Å². The quantitative estimate of drug-likeness (QED) is 0.484. The second-order valence-electron chi connectivity index (χ2n) is 9.72. The summed E-state index contributed by atoms with van der Waals surface area (Å²) in [5.74, 6) is 0.653. The largest absolute Gasteiger partial charge is 0.394 e. The molecule has 2 aromatic heterocycles. The summed E-state index contributed by atoms with van der Waals surface area (Å²) in [5.41, 5.74) is 3.79. The molecule has 2 aliphatic heterocycles. The van der Waals surface area contributed by atoms with Crippen molar-refractivity contribution in [3.8, 4) is 0 Å². The summed E-state index contributed by atoms with van der Waals surface area (Å²) in [4.78, 5) is 15.8. The van der Waals surface area contributed by atoms with Gasteiger partial charge in [0.2, 0.25) is 5.28 Å². The van der Waals surface area contributed by atoms with E-state index in [1.807, 2.05) is 0 Å². The smallest absolute Gasteiger partial charge is 0.226 e. The van der Waals surface area contributed by atoms with Gasteiger partial charge >= 0.3 is 0 Å². The highest BCUT2D eigenvalue weighted by atomic mass is 35.5. The van der Waals surface area contributed by atoms with E-state index in [9.17, 15) is 15.3 Å². The van der Waals surface area contributed by atoms with Crippen LogP contribution in [-0.2, 0) is 16.7 Å². The van der Waals surface area contributed by atoms with E-state index in [0.717, 1.165) is 19.4 Å². The van der Waals surface area contributed by atoms with Gasteiger partial charge < -0.3 is 25.0 Å². The van der Waals surface area contributed by atoms with Crippen molar-refractivity contribution < 1.29 is 20.1 Å². The van der Waals surface area contributed by atoms with Gasteiger partial charge in [-0.3, -0.25) is 4.57 Å². The lowest BCUT2D eigenvalue weighted by Crippen LogP contribution is -2.47. The van der Waals surface area contributed by atoms with Crippen LogP contribution in [0.25, 0.3) is 11.2 Å². The zero-order chi connectivity index (χ0) is 23.4. The number of fused-ring (bicyclic) bond motifs is 3. The van der Waals surface area contributed by atoms with Crippen molar-refractivity contribution in [3.63, 3.8) is 0 Å². The van der Waals surface area contributed by atoms with Gasteiger partial charge in [0.15, 0.2) is 23.2 Å². The first-order valence-electron chi connectivity index (χ1n) is 11.9. The van der Waals surface area contributed by atoms with Crippen molar-refractivity contribution in [1.82, 2.24) is 19.5 Å². The third-order valence-corrected chi connectivity index (χ3v) is 7.89. The van der Waals surface area contributed by atoms with Gasteiger partial charge in [-0.1, -0.05) is 43.5 Å². The van der Waals surface area contributed by atoms with Crippen LogP contribution in [0, 0.1) is 0 Å². The third kappa shape index (κ3) is 3.41. The minimum Gasteiger partial charge on any atom is -0.394 e. The molecule has 0 amide bonds. The van der Waals surface area contributed by atoms with Gasteiger partial charge in [-0.05, 0) is 35.6 Å². The first kappa shape index (κ1) is 22.2. The van der Waals surface area contributed by atoms with Crippen LogP contribution >= 0.6 is 11.6 Å². The van der Waals surface area contributed by atoms with Crippen molar-refractivity contribution in [1.29, 1.82) is 0 Å². The van der Waals surface area contributed by atoms with E-state index in [-0.39, 0.29) is 10.7 Å². The van der Waals surface area contributed by atoms with Crippen LogP contribution in [0.15, 0.2) is 30.6 Å². The lowest BCUT2D eigenvalue weighted by Gasteiger charge is -2.47. The minimum atomic E-state index is -1.24. The van der Waals surface area contributed by atoms with Crippen LogP contribution in [0.2, 0.25) is 5.28 Å². The molecule has 6 rings (SSSR count). The Bertz CT molecular complexity index is 1210. The third-order valence-electron chi connectivity index (χ3n) is 7.72. The molecule has 1 saturated heterocycles. The van der Waals surface area contributed by atoms with E-state index in [0.29, 0.717) is 23.5 Å². The van der Waals surface area contributed by atoms with Crippen molar-refractivity contribution in [2.45, 2.75) is 68.6 Å². The predicted molar refractivity (Wildman–Crippen MR) is 126 cm³/mol. The molecular formula is C24H28ClN5O4. The SMILES string of the molecule is OC[C@H]1O[C@@H](n2cnc3c(N4Cc5ccccc5C5(CCCCC5)C4)nc(Cl)nc32)C(O)C1O. The average molecular weight is 486 g/mol. The second-order valence-corrected chi connectivity index (χ2v) is 10.1. The fourth-order valence-corrected chi connectivity index (χ4v) is 6.25. The van der Waals surface area contributed by atoms with Gasteiger partial charge in [0.25, 0.3) is 0 Å². The Morgan fingerprint density at radius 2 is 1.88 bits per heavy atom. The number of halogens is 1. The predicted octanol–water partition coefficient (Wildman–Crippen LogP) is 2.31.